The minimum Gasteiger partial charge on any atom is -0.492 e. The minimum atomic E-state index is -0.602. The molecule has 0 radical (unpaired) electrons. The van der Waals surface area contributed by atoms with E-state index < -0.39 is 10.8 Å². The molecule has 0 spiro atoms. The summed E-state index contributed by atoms with van der Waals surface area (Å²) in [6.07, 6.45) is 0. The largest absolute Gasteiger partial charge is 0.492 e. The van der Waals surface area contributed by atoms with Gasteiger partial charge in [-0.15, -0.1) is 0 Å². The van der Waals surface area contributed by atoms with Crippen molar-refractivity contribution >= 4 is 22.4 Å². The Morgan fingerprint density at radius 3 is 2.53 bits per heavy atom. The zero-order valence-electron chi connectivity index (χ0n) is 9.60. The number of nitrogens with zero attached hydrogens (tertiary/aromatic N) is 1. The predicted octanol–water partition coefficient (Wildman–Crippen LogP) is 1.78. The average Bonchev–Trinajstić information content (AvgIpc) is 2.34. The molecule has 1 heterocycles. The Balaban J connectivity index is 1.69. The van der Waals surface area contributed by atoms with Crippen LogP contribution in [-0.2, 0) is 10.8 Å². The van der Waals surface area contributed by atoms with Crippen molar-refractivity contribution in [3.63, 3.8) is 0 Å². The Morgan fingerprint density at radius 2 is 1.88 bits per heavy atom. The van der Waals surface area contributed by atoms with E-state index in [0.717, 1.165) is 41.9 Å². The molecule has 94 valence electrons. The highest BCUT2D eigenvalue weighted by molar-refractivity contribution is 7.85. The third-order valence-electron chi connectivity index (χ3n) is 2.76. The van der Waals surface area contributed by atoms with Crippen molar-refractivity contribution in [3.8, 4) is 5.75 Å². The zero-order valence-corrected chi connectivity index (χ0v) is 11.2. The zero-order chi connectivity index (χ0) is 12.1. The molecule has 0 saturated carbocycles. The Bertz CT molecular complexity index is 373. The Labute approximate surface area is 109 Å². The fraction of sp³-hybridized carbons (Fsp3) is 0.500. The SMILES string of the molecule is O=S1CCN(CCOc2ccc(Cl)cc2)CC1. The number of ether oxygens (including phenoxy) is 1. The molecule has 1 fully saturated rings. The van der Waals surface area contributed by atoms with Gasteiger partial charge in [-0.1, -0.05) is 11.6 Å². The summed E-state index contributed by atoms with van der Waals surface area (Å²) in [5, 5.41) is 0.718. The molecule has 1 aromatic carbocycles. The number of benzene rings is 1. The average molecular weight is 274 g/mol. The van der Waals surface area contributed by atoms with Crippen molar-refractivity contribution in [2.75, 3.05) is 37.7 Å². The second kappa shape index (κ2) is 6.38. The summed E-state index contributed by atoms with van der Waals surface area (Å²) in [7, 11) is -0.602. The van der Waals surface area contributed by atoms with Crippen LogP contribution in [0, 0.1) is 0 Å². The molecule has 1 aromatic rings. The lowest BCUT2D eigenvalue weighted by Gasteiger charge is -2.25. The Morgan fingerprint density at radius 1 is 1.24 bits per heavy atom. The van der Waals surface area contributed by atoms with Gasteiger partial charge in [-0.3, -0.25) is 9.11 Å². The van der Waals surface area contributed by atoms with Gasteiger partial charge < -0.3 is 4.74 Å². The van der Waals surface area contributed by atoms with Crippen LogP contribution in [0.2, 0.25) is 5.02 Å². The molecule has 0 atom stereocenters. The van der Waals surface area contributed by atoms with Crippen molar-refractivity contribution in [3.05, 3.63) is 29.3 Å². The molecule has 1 aliphatic heterocycles. The van der Waals surface area contributed by atoms with Crippen LogP contribution in [0.3, 0.4) is 0 Å². The standard InChI is InChI=1S/C12H16ClNO2S/c13-11-1-3-12(4-2-11)16-8-5-14-6-9-17(15)10-7-14/h1-4H,5-10H2. The van der Waals surface area contributed by atoms with Gasteiger partial charge in [-0.05, 0) is 24.3 Å². The summed E-state index contributed by atoms with van der Waals surface area (Å²) >= 11 is 5.79. The number of hydrogen-bond acceptors (Lipinski definition) is 3. The van der Waals surface area contributed by atoms with Crippen LogP contribution in [0.15, 0.2) is 24.3 Å². The van der Waals surface area contributed by atoms with E-state index in [-0.39, 0.29) is 0 Å². The summed E-state index contributed by atoms with van der Waals surface area (Å²) in [4.78, 5) is 2.29. The quantitative estimate of drug-likeness (QED) is 0.838. The summed E-state index contributed by atoms with van der Waals surface area (Å²) in [6.45, 7) is 3.38. The first kappa shape index (κ1) is 12.9. The molecule has 0 unspecified atom stereocenters. The van der Waals surface area contributed by atoms with Crippen LogP contribution in [0.25, 0.3) is 0 Å². The van der Waals surface area contributed by atoms with Crippen LogP contribution >= 0.6 is 11.6 Å². The van der Waals surface area contributed by atoms with Crippen LogP contribution < -0.4 is 4.74 Å². The first-order valence-electron chi connectivity index (χ1n) is 5.70. The van der Waals surface area contributed by atoms with Crippen molar-refractivity contribution in [1.29, 1.82) is 0 Å². The predicted molar refractivity (Wildman–Crippen MR) is 71.3 cm³/mol. The van der Waals surface area contributed by atoms with Crippen LogP contribution in [0.4, 0.5) is 0 Å². The van der Waals surface area contributed by atoms with Gasteiger partial charge in [0, 0.05) is 47.0 Å². The second-order valence-electron chi connectivity index (χ2n) is 3.99. The number of halogens is 1. The lowest BCUT2D eigenvalue weighted by Crippen LogP contribution is -2.39. The van der Waals surface area contributed by atoms with E-state index in [4.69, 9.17) is 16.3 Å². The molecule has 1 saturated heterocycles. The molecule has 0 aromatic heterocycles. The number of rotatable bonds is 4. The van der Waals surface area contributed by atoms with Gasteiger partial charge in [0.25, 0.3) is 0 Å². The molecular weight excluding hydrogens is 258 g/mol. The smallest absolute Gasteiger partial charge is 0.119 e. The normalized spacial score (nSPS) is 18.2. The summed E-state index contributed by atoms with van der Waals surface area (Å²) in [6, 6.07) is 7.38. The Kier molecular flexibility index (Phi) is 4.83. The molecule has 0 aliphatic carbocycles. The first-order valence-corrected chi connectivity index (χ1v) is 7.56. The molecular formula is C12H16ClNO2S. The molecule has 3 nitrogen and oxygen atoms in total. The number of hydrogen-bond donors (Lipinski definition) is 0. The summed E-state index contributed by atoms with van der Waals surface area (Å²) < 4.78 is 16.8. The highest BCUT2D eigenvalue weighted by Gasteiger charge is 2.14. The first-order chi connectivity index (χ1) is 8.24. The van der Waals surface area contributed by atoms with Gasteiger partial charge >= 0.3 is 0 Å². The van der Waals surface area contributed by atoms with Gasteiger partial charge in [0.1, 0.15) is 12.4 Å². The molecule has 1 aliphatic rings. The van der Waals surface area contributed by atoms with Gasteiger partial charge in [-0.2, -0.15) is 0 Å². The van der Waals surface area contributed by atoms with E-state index >= 15 is 0 Å². The third kappa shape index (κ3) is 4.30. The maximum atomic E-state index is 11.2. The monoisotopic (exact) mass is 273 g/mol. The topological polar surface area (TPSA) is 29.5 Å². The highest BCUT2D eigenvalue weighted by Crippen LogP contribution is 2.15. The van der Waals surface area contributed by atoms with E-state index in [2.05, 4.69) is 4.90 Å². The van der Waals surface area contributed by atoms with E-state index in [1.54, 1.807) is 0 Å². The van der Waals surface area contributed by atoms with E-state index in [1.165, 1.54) is 0 Å². The maximum Gasteiger partial charge on any atom is 0.119 e. The lowest BCUT2D eigenvalue weighted by molar-refractivity contribution is 0.221. The molecule has 5 heteroatoms. The van der Waals surface area contributed by atoms with E-state index in [9.17, 15) is 4.21 Å². The molecule has 2 rings (SSSR count). The maximum absolute atomic E-state index is 11.2. The fourth-order valence-electron chi connectivity index (χ4n) is 1.72. The minimum absolute atomic E-state index is 0.602. The van der Waals surface area contributed by atoms with Gasteiger partial charge in [0.2, 0.25) is 0 Å². The van der Waals surface area contributed by atoms with E-state index in [1.807, 2.05) is 24.3 Å². The van der Waals surface area contributed by atoms with Gasteiger partial charge in [0.05, 0.1) is 0 Å². The van der Waals surface area contributed by atoms with Crippen molar-refractivity contribution in [1.82, 2.24) is 4.90 Å². The summed E-state index contributed by atoms with van der Waals surface area (Å²) in [5.41, 5.74) is 0. The van der Waals surface area contributed by atoms with Gasteiger partial charge in [0.15, 0.2) is 0 Å². The highest BCUT2D eigenvalue weighted by atomic mass is 35.5. The molecule has 0 amide bonds. The van der Waals surface area contributed by atoms with Gasteiger partial charge in [-0.25, -0.2) is 0 Å². The fourth-order valence-corrected chi connectivity index (χ4v) is 2.98. The Hall–Kier alpha value is -0.580. The lowest BCUT2D eigenvalue weighted by atomic mass is 10.3. The van der Waals surface area contributed by atoms with Crippen LogP contribution in [-0.4, -0.2) is 46.9 Å². The van der Waals surface area contributed by atoms with Crippen LogP contribution in [0.5, 0.6) is 5.75 Å². The second-order valence-corrected chi connectivity index (χ2v) is 6.12. The van der Waals surface area contributed by atoms with Crippen molar-refractivity contribution in [2.24, 2.45) is 0 Å². The van der Waals surface area contributed by atoms with Crippen molar-refractivity contribution in [2.45, 2.75) is 0 Å². The third-order valence-corrected chi connectivity index (χ3v) is 4.29. The summed E-state index contributed by atoms with van der Waals surface area (Å²) in [5.74, 6) is 2.43. The molecule has 0 N–H and O–H groups in total. The molecule has 0 bridgehead atoms. The van der Waals surface area contributed by atoms with Crippen LogP contribution in [0.1, 0.15) is 0 Å². The molecule has 17 heavy (non-hydrogen) atoms. The van der Waals surface area contributed by atoms with E-state index in [0.29, 0.717) is 6.61 Å². The van der Waals surface area contributed by atoms with Crippen molar-refractivity contribution < 1.29 is 8.95 Å².